The molecule has 0 atom stereocenters. The molecule has 0 radical (unpaired) electrons. The van der Waals surface area contributed by atoms with Crippen LogP contribution in [0, 0.1) is 6.92 Å². The number of pyridine rings is 1. The van der Waals surface area contributed by atoms with Gasteiger partial charge in [0.2, 0.25) is 0 Å². The van der Waals surface area contributed by atoms with Crippen LogP contribution in [0.5, 0.6) is 0 Å². The minimum absolute atomic E-state index is 0.273. The molecule has 92 valence electrons. The smallest absolute Gasteiger partial charge is 0.258 e. The van der Waals surface area contributed by atoms with Crippen molar-refractivity contribution in [2.75, 3.05) is 5.32 Å². The summed E-state index contributed by atoms with van der Waals surface area (Å²) in [5.41, 5.74) is 1.45. The fourth-order valence-electron chi connectivity index (χ4n) is 1.46. The summed E-state index contributed by atoms with van der Waals surface area (Å²) in [7, 11) is 0. The number of benzene rings is 1. The van der Waals surface area contributed by atoms with Crippen molar-refractivity contribution >= 4 is 39.3 Å². The van der Waals surface area contributed by atoms with Crippen LogP contribution in [0.2, 0.25) is 5.02 Å². The number of nitrogens with zero attached hydrogens (tertiary/aromatic N) is 1. The lowest BCUT2D eigenvalue weighted by atomic mass is 10.1. The summed E-state index contributed by atoms with van der Waals surface area (Å²) < 4.78 is 0.850. The molecule has 1 heterocycles. The van der Waals surface area contributed by atoms with Crippen molar-refractivity contribution in [3.05, 3.63) is 57.2 Å². The highest BCUT2D eigenvalue weighted by Crippen LogP contribution is 2.19. The maximum absolute atomic E-state index is 12.0. The Labute approximate surface area is 118 Å². The average Bonchev–Trinajstić information content (AvgIpc) is 2.28. The van der Waals surface area contributed by atoms with Gasteiger partial charge in [0.25, 0.3) is 5.91 Å². The number of hydrogen-bond donors (Lipinski definition) is 1. The van der Waals surface area contributed by atoms with Crippen molar-refractivity contribution in [1.82, 2.24) is 4.98 Å². The number of hydrogen-bond acceptors (Lipinski definition) is 2. The van der Waals surface area contributed by atoms with Crippen molar-refractivity contribution in [2.45, 2.75) is 6.92 Å². The fourth-order valence-corrected chi connectivity index (χ4v) is 2.12. The van der Waals surface area contributed by atoms with E-state index in [1.807, 2.05) is 13.0 Å². The van der Waals surface area contributed by atoms with Crippen LogP contribution >= 0.6 is 27.5 Å². The van der Waals surface area contributed by atoms with Gasteiger partial charge in [0.05, 0.1) is 10.6 Å². The molecule has 3 nitrogen and oxygen atoms in total. The van der Waals surface area contributed by atoms with Crippen LogP contribution in [0.15, 0.2) is 41.0 Å². The summed E-state index contributed by atoms with van der Waals surface area (Å²) in [5.74, 6) is 0.205. The lowest BCUT2D eigenvalue weighted by Crippen LogP contribution is -2.13. The summed E-state index contributed by atoms with van der Waals surface area (Å²) in [6, 6.07) is 8.80. The van der Waals surface area contributed by atoms with Crippen LogP contribution in [-0.2, 0) is 0 Å². The largest absolute Gasteiger partial charge is 0.306 e. The number of amides is 1. The SMILES string of the molecule is Cc1ccc(C(=O)Nc2cc(Br)ccn2)c(Cl)c1. The van der Waals surface area contributed by atoms with Gasteiger partial charge in [-0.25, -0.2) is 4.98 Å². The summed E-state index contributed by atoms with van der Waals surface area (Å²) in [4.78, 5) is 16.1. The summed E-state index contributed by atoms with van der Waals surface area (Å²) >= 11 is 9.35. The zero-order chi connectivity index (χ0) is 13.1. The van der Waals surface area contributed by atoms with Gasteiger partial charge in [-0.05, 0) is 36.8 Å². The van der Waals surface area contributed by atoms with Gasteiger partial charge >= 0.3 is 0 Å². The molecule has 0 unspecified atom stereocenters. The van der Waals surface area contributed by atoms with Crippen LogP contribution in [0.1, 0.15) is 15.9 Å². The van der Waals surface area contributed by atoms with Crippen molar-refractivity contribution in [3.63, 3.8) is 0 Å². The van der Waals surface area contributed by atoms with E-state index in [0.29, 0.717) is 16.4 Å². The molecule has 0 fully saturated rings. The third kappa shape index (κ3) is 3.09. The number of aromatic nitrogens is 1. The molecule has 18 heavy (non-hydrogen) atoms. The van der Waals surface area contributed by atoms with Gasteiger partial charge in [0.15, 0.2) is 0 Å². The van der Waals surface area contributed by atoms with Crippen LogP contribution in [0.3, 0.4) is 0 Å². The Hall–Kier alpha value is -1.39. The predicted octanol–water partition coefficient (Wildman–Crippen LogP) is 4.06. The lowest BCUT2D eigenvalue weighted by Gasteiger charge is -2.06. The summed E-state index contributed by atoms with van der Waals surface area (Å²) in [6.07, 6.45) is 1.61. The molecule has 0 saturated heterocycles. The molecule has 1 amide bonds. The molecule has 1 N–H and O–H groups in total. The second-order valence-corrected chi connectivity index (χ2v) is 5.12. The van der Waals surface area contributed by atoms with Crippen molar-refractivity contribution in [1.29, 1.82) is 0 Å². The molecule has 1 aromatic heterocycles. The first-order valence-corrected chi connectivity index (χ1v) is 6.42. The molecule has 0 aliphatic heterocycles. The highest BCUT2D eigenvalue weighted by Gasteiger charge is 2.11. The highest BCUT2D eigenvalue weighted by molar-refractivity contribution is 9.10. The Kier molecular flexibility index (Phi) is 3.99. The number of carbonyl (C=O) groups is 1. The van der Waals surface area contributed by atoms with Gasteiger partial charge in [-0.2, -0.15) is 0 Å². The zero-order valence-electron chi connectivity index (χ0n) is 9.58. The van der Waals surface area contributed by atoms with Crippen molar-refractivity contribution in [2.24, 2.45) is 0 Å². The second kappa shape index (κ2) is 5.50. The second-order valence-electron chi connectivity index (χ2n) is 3.80. The molecule has 1 aromatic carbocycles. The van der Waals surface area contributed by atoms with Gasteiger partial charge in [-0.3, -0.25) is 4.79 Å². The summed E-state index contributed by atoms with van der Waals surface area (Å²) in [5, 5.41) is 3.13. The van der Waals surface area contributed by atoms with Gasteiger partial charge < -0.3 is 5.32 Å². The molecule has 0 spiro atoms. The molecule has 0 aliphatic rings. The van der Waals surface area contributed by atoms with Crippen molar-refractivity contribution in [3.8, 4) is 0 Å². The number of nitrogens with one attached hydrogen (secondary N) is 1. The maximum atomic E-state index is 12.0. The molecule has 0 saturated carbocycles. The van der Waals surface area contributed by atoms with Crippen LogP contribution < -0.4 is 5.32 Å². The Morgan fingerprint density at radius 1 is 1.33 bits per heavy atom. The van der Waals surface area contributed by atoms with E-state index >= 15 is 0 Å². The molecule has 2 rings (SSSR count). The van der Waals surface area contributed by atoms with Gasteiger partial charge in [-0.1, -0.05) is 33.6 Å². The van der Waals surface area contributed by atoms with E-state index in [0.717, 1.165) is 10.0 Å². The number of halogens is 2. The maximum Gasteiger partial charge on any atom is 0.258 e. The monoisotopic (exact) mass is 324 g/mol. The lowest BCUT2D eigenvalue weighted by molar-refractivity contribution is 0.102. The Morgan fingerprint density at radius 3 is 2.78 bits per heavy atom. The third-order valence-electron chi connectivity index (χ3n) is 2.33. The van der Waals surface area contributed by atoms with E-state index in [2.05, 4.69) is 26.2 Å². The van der Waals surface area contributed by atoms with Crippen LogP contribution in [0.25, 0.3) is 0 Å². The first-order valence-electron chi connectivity index (χ1n) is 5.25. The molecule has 2 aromatic rings. The fraction of sp³-hybridized carbons (Fsp3) is 0.0769. The molecular formula is C13H10BrClN2O. The molecule has 5 heteroatoms. The van der Waals surface area contributed by atoms with E-state index in [-0.39, 0.29) is 5.91 Å². The number of carbonyl (C=O) groups excluding carboxylic acids is 1. The van der Waals surface area contributed by atoms with E-state index in [1.54, 1.807) is 30.5 Å². The number of rotatable bonds is 2. The quantitative estimate of drug-likeness (QED) is 0.905. The van der Waals surface area contributed by atoms with Crippen molar-refractivity contribution < 1.29 is 4.79 Å². The van der Waals surface area contributed by atoms with E-state index in [1.165, 1.54) is 0 Å². The van der Waals surface area contributed by atoms with Gasteiger partial charge in [0.1, 0.15) is 5.82 Å². The first kappa shape index (κ1) is 13.1. The molecule has 0 aliphatic carbocycles. The number of anilines is 1. The van der Waals surface area contributed by atoms with Crippen LogP contribution in [0.4, 0.5) is 5.82 Å². The topological polar surface area (TPSA) is 42.0 Å². The van der Waals surface area contributed by atoms with Gasteiger partial charge in [-0.15, -0.1) is 0 Å². The summed E-state index contributed by atoms with van der Waals surface area (Å²) in [6.45, 7) is 1.92. The zero-order valence-corrected chi connectivity index (χ0v) is 11.9. The first-order chi connectivity index (χ1) is 8.56. The highest BCUT2D eigenvalue weighted by atomic mass is 79.9. The normalized spacial score (nSPS) is 10.2. The molecular weight excluding hydrogens is 316 g/mol. The Balaban J connectivity index is 2.22. The minimum Gasteiger partial charge on any atom is -0.306 e. The number of aryl methyl sites for hydroxylation is 1. The minimum atomic E-state index is -0.273. The Morgan fingerprint density at radius 2 is 2.11 bits per heavy atom. The van der Waals surface area contributed by atoms with Gasteiger partial charge in [0, 0.05) is 10.7 Å². The molecule has 0 bridgehead atoms. The van der Waals surface area contributed by atoms with E-state index in [4.69, 9.17) is 11.6 Å². The predicted molar refractivity (Wildman–Crippen MR) is 76.1 cm³/mol. The Bertz CT molecular complexity index is 601. The standard InChI is InChI=1S/C13H10BrClN2O/c1-8-2-3-10(11(15)6-8)13(18)17-12-7-9(14)4-5-16-12/h2-7H,1H3,(H,16,17,18). The van der Waals surface area contributed by atoms with E-state index in [9.17, 15) is 4.79 Å². The van der Waals surface area contributed by atoms with E-state index < -0.39 is 0 Å². The third-order valence-corrected chi connectivity index (χ3v) is 3.14. The van der Waals surface area contributed by atoms with Crippen LogP contribution in [-0.4, -0.2) is 10.9 Å². The average molecular weight is 326 g/mol.